The molecular weight excluding hydrogens is 222 g/mol. The molecule has 0 aromatic rings. The molecule has 1 fully saturated rings. The van der Waals surface area contributed by atoms with E-state index in [9.17, 15) is 15.3 Å². The van der Waals surface area contributed by atoms with Crippen molar-refractivity contribution in [3.05, 3.63) is 0 Å². The molecule has 0 aromatic carbocycles. The SMILES string of the molecule is NOCCO[C@@H]1O[C@H](CO)[C@H](O)[C@H](O)[C@H]1O. The number of hydrogen-bond acceptors (Lipinski definition) is 8. The van der Waals surface area contributed by atoms with Gasteiger partial charge in [-0.05, 0) is 0 Å². The van der Waals surface area contributed by atoms with E-state index in [0.29, 0.717) is 0 Å². The van der Waals surface area contributed by atoms with E-state index in [-0.39, 0.29) is 13.2 Å². The van der Waals surface area contributed by atoms with Crippen LogP contribution >= 0.6 is 0 Å². The zero-order valence-corrected chi connectivity index (χ0v) is 8.60. The van der Waals surface area contributed by atoms with Gasteiger partial charge in [0.15, 0.2) is 6.29 Å². The zero-order chi connectivity index (χ0) is 12.1. The minimum absolute atomic E-state index is 0.0548. The third-order valence-corrected chi connectivity index (χ3v) is 2.33. The van der Waals surface area contributed by atoms with Crippen molar-refractivity contribution >= 4 is 0 Å². The molecule has 8 heteroatoms. The summed E-state index contributed by atoms with van der Waals surface area (Å²) < 4.78 is 10.1. The molecule has 6 N–H and O–H groups in total. The summed E-state index contributed by atoms with van der Waals surface area (Å²) in [6.45, 7) is -0.341. The smallest absolute Gasteiger partial charge is 0.186 e. The molecule has 1 aliphatic heterocycles. The van der Waals surface area contributed by atoms with E-state index in [2.05, 4.69) is 4.84 Å². The van der Waals surface area contributed by atoms with Gasteiger partial charge in [-0.25, -0.2) is 5.90 Å². The Balaban J connectivity index is 2.50. The summed E-state index contributed by atoms with van der Waals surface area (Å²) in [4.78, 5) is 4.25. The van der Waals surface area contributed by atoms with Crippen LogP contribution in [0.3, 0.4) is 0 Å². The molecule has 0 unspecified atom stereocenters. The lowest BCUT2D eigenvalue weighted by atomic mass is 9.99. The fourth-order valence-corrected chi connectivity index (χ4v) is 1.42. The van der Waals surface area contributed by atoms with E-state index in [0.717, 1.165) is 0 Å². The van der Waals surface area contributed by atoms with Crippen molar-refractivity contribution in [1.82, 2.24) is 0 Å². The van der Waals surface area contributed by atoms with Gasteiger partial charge in [0.1, 0.15) is 24.4 Å². The first-order chi connectivity index (χ1) is 7.61. The Hall–Kier alpha value is -0.320. The number of nitrogens with two attached hydrogens (primary N) is 1. The zero-order valence-electron chi connectivity index (χ0n) is 8.60. The highest BCUT2D eigenvalue weighted by molar-refractivity contribution is 4.88. The molecule has 0 aliphatic carbocycles. The number of hydrogen-bond donors (Lipinski definition) is 5. The van der Waals surface area contributed by atoms with Crippen LogP contribution in [0.1, 0.15) is 0 Å². The van der Waals surface area contributed by atoms with Gasteiger partial charge < -0.3 is 34.7 Å². The summed E-state index contributed by atoms with van der Waals surface area (Å²) >= 11 is 0. The molecule has 1 aliphatic rings. The Kier molecular flexibility index (Phi) is 5.52. The largest absolute Gasteiger partial charge is 0.394 e. The lowest BCUT2D eigenvalue weighted by Crippen LogP contribution is -2.59. The van der Waals surface area contributed by atoms with Crippen LogP contribution in [0.25, 0.3) is 0 Å². The van der Waals surface area contributed by atoms with Crippen molar-refractivity contribution in [3.8, 4) is 0 Å². The van der Waals surface area contributed by atoms with Gasteiger partial charge >= 0.3 is 0 Å². The molecule has 1 rings (SSSR count). The molecule has 8 nitrogen and oxygen atoms in total. The fraction of sp³-hybridized carbons (Fsp3) is 1.00. The average molecular weight is 239 g/mol. The highest BCUT2D eigenvalue weighted by atomic mass is 16.7. The van der Waals surface area contributed by atoms with Gasteiger partial charge in [0.2, 0.25) is 0 Å². The van der Waals surface area contributed by atoms with Gasteiger partial charge in [-0.2, -0.15) is 0 Å². The molecule has 1 heterocycles. The molecule has 0 radical (unpaired) electrons. The molecular formula is C8H17NO7. The molecule has 0 amide bonds. The molecule has 96 valence electrons. The molecule has 0 bridgehead atoms. The summed E-state index contributed by atoms with van der Waals surface area (Å²) in [5, 5.41) is 37.2. The van der Waals surface area contributed by atoms with Gasteiger partial charge in [-0.3, -0.25) is 0 Å². The third kappa shape index (κ3) is 3.09. The Morgan fingerprint density at radius 2 is 1.75 bits per heavy atom. The first kappa shape index (κ1) is 13.7. The molecule has 0 saturated carbocycles. The second-order valence-corrected chi connectivity index (χ2v) is 3.44. The summed E-state index contributed by atoms with van der Waals surface area (Å²) in [5.74, 6) is 4.77. The Morgan fingerprint density at radius 1 is 1.06 bits per heavy atom. The number of aliphatic hydroxyl groups excluding tert-OH is 4. The van der Waals surface area contributed by atoms with Crippen molar-refractivity contribution in [3.63, 3.8) is 0 Å². The average Bonchev–Trinajstić information content (AvgIpc) is 2.29. The van der Waals surface area contributed by atoms with E-state index < -0.39 is 37.3 Å². The summed E-state index contributed by atoms with van der Waals surface area (Å²) in [6, 6.07) is 0. The van der Waals surface area contributed by atoms with E-state index in [1.54, 1.807) is 0 Å². The molecule has 0 spiro atoms. The molecule has 5 atom stereocenters. The summed E-state index contributed by atoms with van der Waals surface area (Å²) in [5.41, 5.74) is 0. The van der Waals surface area contributed by atoms with Crippen LogP contribution in [-0.2, 0) is 14.3 Å². The number of ether oxygens (including phenoxy) is 2. The van der Waals surface area contributed by atoms with E-state index >= 15 is 0 Å². The third-order valence-electron chi connectivity index (χ3n) is 2.33. The fourth-order valence-electron chi connectivity index (χ4n) is 1.42. The highest BCUT2D eigenvalue weighted by Gasteiger charge is 2.43. The van der Waals surface area contributed by atoms with E-state index in [4.69, 9.17) is 20.5 Å². The van der Waals surface area contributed by atoms with Crippen molar-refractivity contribution in [2.45, 2.75) is 30.7 Å². The quantitative estimate of drug-likeness (QED) is 0.249. The maximum absolute atomic E-state index is 9.51. The standard InChI is InChI=1S/C8H17NO7/c9-15-2-1-14-8-7(13)6(12)5(11)4(3-10)16-8/h4-8,10-13H,1-3,9H2/t4-,5+,6+,7-,8-/m1/s1. The highest BCUT2D eigenvalue weighted by Crippen LogP contribution is 2.21. The molecule has 16 heavy (non-hydrogen) atoms. The van der Waals surface area contributed by atoms with Gasteiger partial charge in [0, 0.05) is 0 Å². The van der Waals surface area contributed by atoms with Crippen LogP contribution in [0.5, 0.6) is 0 Å². The monoisotopic (exact) mass is 239 g/mol. The van der Waals surface area contributed by atoms with Gasteiger partial charge in [-0.15, -0.1) is 0 Å². The summed E-state index contributed by atoms with van der Waals surface area (Å²) in [6.07, 6.45) is -6.32. The van der Waals surface area contributed by atoms with Crippen LogP contribution in [0.15, 0.2) is 0 Å². The minimum atomic E-state index is -1.44. The van der Waals surface area contributed by atoms with Gasteiger partial charge in [0.05, 0.1) is 19.8 Å². The van der Waals surface area contributed by atoms with Crippen LogP contribution in [0.2, 0.25) is 0 Å². The van der Waals surface area contributed by atoms with Crippen molar-refractivity contribution in [2.24, 2.45) is 5.90 Å². The van der Waals surface area contributed by atoms with E-state index in [1.807, 2.05) is 0 Å². The van der Waals surface area contributed by atoms with Crippen LogP contribution in [-0.4, -0.2) is 71.0 Å². The predicted octanol–water partition coefficient (Wildman–Crippen LogP) is -3.31. The number of aliphatic hydroxyl groups is 4. The van der Waals surface area contributed by atoms with Crippen LogP contribution in [0.4, 0.5) is 0 Å². The maximum atomic E-state index is 9.51. The molecule has 0 aromatic heterocycles. The van der Waals surface area contributed by atoms with Crippen molar-refractivity contribution in [1.29, 1.82) is 0 Å². The maximum Gasteiger partial charge on any atom is 0.186 e. The van der Waals surface area contributed by atoms with Gasteiger partial charge in [0.25, 0.3) is 0 Å². The van der Waals surface area contributed by atoms with Crippen LogP contribution in [0, 0.1) is 0 Å². The van der Waals surface area contributed by atoms with E-state index in [1.165, 1.54) is 0 Å². The normalized spacial score (nSPS) is 39.9. The van der Waals surface area contributed by atoms with Crippen molar-refractivity contribution in [2.75, 3.05) is 19.8 Å². The molecule has 1 saturated heterocycles. The number of rotatable bonds is 5. The second kappa shape index (κ2) is 6.42. The lowest BCUT2D eigenvalue weighted by Gasteiger charge is -2.39. The van der Waals surface area contributed by atoms with Crippen molar-refractivity contribution < 1.29 is 34.7 Å². The topological polar surface area (TPSA) is 135 Å². The lowest BCUT2D eigenvalue weighted by molar-refractivity contribution is -0.302. The first-order valence-corrected chi connectivity index (χ1v) is 4.85. The Morgan fingerprint density at radius 3 is 2.31 bits per heavy atom. The first-order valence-electron chi connectivity index (χ1n) is 4.85. The Bertz CT molecular complexity index is 203. The minimum Gasteiger partial charge on any atom is -0.394 e. The van der Waals surface area contributed by atoms with Gasteiger partial charge in [-0.1, -0.05) is 0 Å². The second-order valence-electron chi connectivity index (χ2n) is 3.44. The Labute approximate surface area is 92.1 Å². The van der Waals surface area contributed by atoms with Crippen LogP contribution < -0.4 is 5.90 Å². The predicted molar refractivity (Wildman–Crippen MR) is 49.9 cm³/mol. The summed E-state index contributed by atoms with van der Waals surface area (Å²) in [7, 11) is 0.